The maximum atomic E-state index is 11.3. The third kappa shape index (κ3) is 3.63. The fourth-order valence-electron chi connectivity index (χ4n) is 2.03. The summed E-state index contributed by atoms with van der Waals surface area (Å²) in [5, 5.41) is 9.24. The first-order chi connectivity index (χ1) is 7.94. The van der Waals surface area contributed by atoms with Crippen molar-refractivity contribution in [3.05, 3.63) is 0 Å². The molecule has 17 heavy (non-hydrogen) atoms. The van der Waals surface area contributed by atoms with E-state index in [1.165, 1.54) is 0 Å². The molecule has 0 aromatic heterocycles. The highest BCUT2D eigenvalue weighted by atomic mass is 16.4. The molecule has 5 nitrogen and oxygen atoms in total. The van der Waals surface area contributed by atoms with Crippen LogP contribution in [0.3, 0.4) is 0 Å². The Kier molecular flexibility index (Phi) is 6.65. The zero-order chi connectivity index (χ0) is 13.5. The summed E-state index contributed by atoms with van der Waals surface area (Å²) >= 11 is 0. The van der Waals surface area contributed by atoms with Crippen molar-refractivity contribution in [3.63, 3.8) is 0 Å². The Morgan fingerprint density at radius 3 is 2.41 bits per heavy atom. The molecule has 0 aromatic rings. The van der Waals surface area contributed by atoms with Crippen LogP contribution in [0.15, 0.2) is 0 Å². The molecular formula is C12H21NO4. The largest absolute Gasteiger partial charge is 0.480 e. The lowest BCUT2D eigenvalue weighted by atomic mass is 9.73. The standard InChI is InChI=1S/C12H21NO4/c1-3-10(8-15)12(13,11(16)17)9(2)6-4-5-7-14/h7-10H,3-6,13H2,1-2H3,(H,16,17). The van der Waals surface area contributed by atoms with Crippen LogP contribution in [-0.2, 0) is 14.4 Å². The molecule has 3 unspecified atom stereocenters. The molecule has 0 aliphatic rings. The molecule has 0 aliphatic heterocycles. The molecule has 0 saturated heterocycles. The minimum absolute atomic E-state index is 0.352. The lowest BCUT2D eigenvalue weighted by Crippen LogP contribution is -2.59. The van der Waals surface area contributed by atoms with Crippen LogP contribution in [0.5, 0.6) is 0 Å². The highest BCUT2D eigenvalue weighted by molar-refractivity contribution is 5.83. The van der Waals surface area contributed by atoms with Crippen molar-refractivity contribution >= 4 is 18.5 Å². The van der Waals surface area contributed by atoms with Crippen molar-refractivity contribution in [3.8, 4) is 0 Å². The fraction of sp³-hybridized carbons (Fsp3) is 0.750. The minimum atomic E-state index is -1.54. The smallest absolute Gasteiger partial charge is 0.324 e. The third-order valence-electron chi connectivity index (χ3n) is 3.36. The Labute approximate surface area is 101 Å². The number of aldehydes is 2. The number of carboxylic acid groups (broad SMARTS) is 1. The van der Waals surface area contributed by atoms with Gasteiger partial charge in [0.25, 0.3) is 0 Å². The van der Waals surface area contributed by atoms with Crippen molar-refractivity contribution in [2.75, 3.05) is 0 Å². The first kappa shape index (κ1) is 15.8. The second kappa shape index (κ2) is 7.17. The summed E-state index contributed by atoms with van der Waals surface area (Å²) < 4.78 is 0. The maximum absolute atomic E-state index is 11.3. The number of hydrogen-bond donors (Lipinski definition) is 2. The molecule has 0 aliphatic carbocycles. The van der Waals surface area contributed by atoms with Crippen LogP contribution in [0.1, 0.15) is 39.5 Å². The van der Waals surface area contributed by atoms with E-state index in [-0.39, 0.29) is 5.92 Å². The Hall–Kier alpha value is -1.23. The van der Waals surface area contributed by atoms with E-state index in [0.29, 0.717) is 32.0 Å². The van der Waals surface area contributed by atoms with Gasteiger partial charge in [0.2, 0.25) is 0 Å². The van der Waals surface area contributed by atoms with Crippen molar-refractivity contribution < 1.29 is 19.5 Å². The van der Waals surface area contributed by atoms with E-state index in [2.05, 4.69) is 0 Å². The Bertz CT molecular complexity index is 280. The monoisotopic (exact) mass is 243 g/mol. The summed E-state index contributed by atoms with van der Waals surface area (Å²) in [5.41, 5.74) is 4.37. The van der Waals surface area contributed by atoms with E-state index < -0.39 is 17.4 Å². The van der Waals surface area contributed by atoms with Crippen LogP contribution >= 0.6 is 0 Å². The van der Waals surface area contributed by atoms with Gasteiger partial charge in [0.05, 0.1) is 0 Å². The first-order valence-corrected chi connectivity index (χ1v) is 5.86. The molecular weight excluding hydrogens is 222 g/mol. The van der Waals surface area contributed by atoms with Gasteiger partial charge >= 0.3 is 5.97 Å². The van der Waals surface area contributed by atoms with Crippen molar-refractivity contribution in [2.45, 2.75) is 45.1 Å². The number of hydrogen-bond acceptors (Lipinski definition) is 4. The van der Waals surface area contributed by atoms with Gasteiger partial charge in [-0.15, -0.1) is 0 Å². The third-order valence-corrected chi connectivity index (χ3v) is 3.36. The van der Waals surface area contributed by atoms with E-state index >= 15 is 0 Å². The molecule has 0 fully saturated rings. The number of aliphatic carboxylic acids is 1. The maximum Gasteiger partial charge on any atom is 0.324 e. The highest BCUT2D eigenvalue weighted by Crippen LogP contribution is 2.29. The number of carbonyl (C=O) groups excluding carboxylic acids is 2. The van der Waals surface area contributed by atoms with E-state index in [1.54, 1.807) is 13.8 Å². The predicted octanol–water partition coefficient (Wildman–Crippen LogP) is 0.999. The molecule has 3 atom stereocenters. The van der Waals surface area contributed by atoms with Crippen molar-refractivity contribution in [2.24, 2.45) is 17.6 Å². The predicted molar refractivity (Wildman–Crippen MR) is 63.5 cm³/mol. The van der Waals surface area contributed by atoms with Crippen LogP contribution < -0.4 is 5.73 Å². The van der Waals surface area contributed by atoms with Gasteiger partial charge in [-0.25, -0.2) is 0 Å². The minimum Gasteiger partial charge on any atom is -0.480 e. The van der Waals surface area contributed by atoms with Gasteiger partial charge in [-0.05, 0) is 25.2 Å². The number of nitrogens with two attached hydrogens (primary N) is 1. The average Bonchev–Trinajstić information content (AvgIpc) is 2.30. The summed E-state index contributed by atoms with van der Waals surface area (Å²) in [7, 11) is 0. The molecule has 0 aromatic carbocycles. The van der Waals surface area contributed by atoms with Crippen molar-refractivity contribution in [1.29, 1.82) is 0 Å². The van der Waals surface area contributed by atoms with Crippen LogP contribution in [0.25, 0.3) is 0 Å². The van der Waals surface area contributed by atoms with E-state index in [9.17, 15) is 19.5 Å². The summed E-state index contributed by atoms with van der Waals surface area (Å²) in [5.74, 6) is -2.21. The summed E-state index contributed by atoms with van der Waals surface area (Å²) in [4.78, 5) is 32.4. The molecule has 98 valence electrons. The highest BCUT2D eigenvalue weighted by Gasteiger charge is 2.45. The second-order valence-corrected chi connectivity index (χ2v) is 4.39. The average molecular weight is 243 g/mol. The van der Waals surface area contributed by atoms with E-state index in [1.807, 2.05) is 0 Å². The Balaban J connectivity index is 4.85. The Morgan fingerprint density at radius 2 is 2.06 bits per heavy atom. The lowest BCUT2D eigenvalue weighted by Gasteiger charge is -2.35. The van der Waals surface area contributed by atoms with Gasteiger partial charge in [-0.3, -0.25) is 4.79 Å². The number of carbonyl (C=O) groups is 3. The molecule has 0 spiro atoms. The van der Waals surface area contributed by atoms with Gasteiger partial charge in [0.15, 0.2) is 0 Å². The molecule has 0 rings (SSSR count). The SMILES string of the molecule is CCC(C=O)C(N)(C(=O)O)C(C)CCCC=O. The normalized spacial score (nSPS) is 17.8. The lowest BCUT2D eigenvalue weighted by molar-refractivity contribution is -0.150. The van der Waals surface area contributed by atoms with E-state index in [0.717, 1.165) is 6.29 Å². The molecule has 0 radical (unpaired) electrons. The van der Waals surface area contributed by atoms with Gasteiger partial charge in [-0.2, -0.15) is 0 Å². The zero-order valence-electron chi connectivity index (χ0n) is 10.4. The molecule has 0 amide bonds. The molecule has 0 saturated carbocycles. The van der Waals surface area contributed by atoms with Gasteiger partial charge in [-0.1, -0.05) is 13.8 Å². The van der Waals surface area contributed by atoms with E-state index in [4.69, 9.17) is 5.73 Å². The number of rotatable bonds is 9. The van der Waals surface area contributed by atoms with Crippen LogP contribution in [0.2, 0.25) is 0 Å². The first-order valence-electron chi connectivity index (χ1n) is 5.86. The van der Waals surface area contributed by atoms with Crippen LogP contribution in [0.4, 0.5) is 0 Å². The zero-order valence-corrected chi connectivity index (χ0v) is 10.4. The summed E-state index contributed by atoms with van der Waals surface area (Å²) in [6.45, 7) is 3.45. The topological polar surface area (TPSA) is 97.5 Å². The van der Waals surface area contributed by atoms with Gasteiger partial charge in [0.1, 0.15) is 18.1 Å². The Morgan fingerprint density at radius 1 is 1.47 bits per heavy atom. The summed E-state index contributed by atoms with van der Waals surface area (Å²) in [6.07, 6.45) is 3.30. The van der Waals surface area contributed by atoms with Crippen molar-refractivity contribution in [1.82, 2.24) is 0 Å². The molecule has 5 heteroatoms. The second-order valence-electron chi connectivity index (χ2n) is 4.39. The molecule has 0 heterocycles. The quantitative estimate of drug-likeness (QED) is 0.465. The van der Waals surface area contributed by atoms with Crippen LogP contribution in [-0.4, -0.2) is 29.2 Å². The number of carboxylic acids is 1. The van der Waals surface area contributed by atoms with Gasteiger partial charge in [0, 0.05) is 12.3 Å². The summed E-state index contributed by atoms with van der Waals surface area (Å²) in [6, 6.07) is 0. The van der Waals surface area contributed by atoms with Crippen LogP contribution in [0, 0.1) is 11.8 Å². The van der Waals surface area contributed by atoms with Gasteiger partial charge < -0.3 is 20.4 Å². The number of unbranched alkanes of at least 4 members (excludes halogenated alkanes) is 1. The fourth-order valence-corrected chi connectivity index (χ4v) is 2.03. The molecule has 0 bridgehead atoms. The molecule has 3 N–H and O–H groups in total.